The number of aromatic carboxylic acids is 1. The summed E-state index contributed by atoms with van der Waals surface area (Å²) >= 11 is 0. The van der Waals surface area contributed by atoms with Gasteiger partial charge < -0.3 is 5.11 Å². The summed E-state index contributed by atoms with van der Waals surface area (Å²) < 4.78 is 37.1. The van der Waals surface area contributed by atoms with E-state index in [-0.39, 0.29) is 12.1 Å². The van der Waals surface area contributed by atoms with E-state index in [1.165, 1.54) is 0 Å². The van der Waals surface area contributed by atoms with E-state index in [0.717, 1.165) is 6.20 Å². The third-order valence-corrected chi connectivity index (χ3v) is 1.66. The largest absolute Gasteiger partial charge is 0.476 e. The maximum atomic E-state index is 12.4. The Morgan fingerprint density at radius 3 is 2.53 bits per heavy atom. The van der Waals surface area contributed by atoms with Crippen LogP contribution in [0.5, 0.6) is 0 Å². The van der Waals surface area contributed by atoms with Crippen molar-refractivity contribution < 1.29 is 23.1 Å². The number of nitrogens with zero attached hydrogens (tertiary/aromatic N) is 2. The Balaban J connectivity index is 3.36. The molecule has 0 bridgehead atoms. The van der Waals surface area contributed by atoms with Crippen LogP contribution >= 0.6 is 0 Å². The molecule has 0 fully saturated rings. The molecule has 82 valence electrons. The lowest BCUT2D eigenvalue weighted by atomic mass is 10.2. The van der Waals surface area contributed by atoms with Gasteiger partial charge in [0.2, 0.25) is 0 Å². The number of aryl methyl sites for hydroxylation is 1. The van der Waals surface area contributed by atoms with Crippen molar-refractivity contribution in [3.63, 3.8) is 0 Å². The zero-order valence-corrected chi connectivity index (χ0v) is 7.67. The highest BCUT2D eigenvalue weighted by Gasteiger charge is 2.38. The second kappa shape index (κ2) is 3.84. The third-order valence-electron chi connectivity index (χ3n) is 1.66. The van der Waals surface area contributed by atoms with Crippen molar-refractivity contribution in [3.8, 4) is 0 Å². The molecule has 1 aromatic heterocycles. The molecule has 0 unspecified atom stereocenters. The quantitative estimate of drug-likeness (QED) is 0.824. The molecule has 4 nitrogen and oxygen atoms in total. The lowest BCUT2D eigenvalue weighted by Crippen LogP contribution is -2.18. The van der Waals surface area contributed by atoms with Gasteiger partial charge in [-0.1, -0.05) is 6.92 Å². The van der Waals surface area contributed by atoms with Crippen molar-refractivity contribution in [1.29, 1.82) is 0 Å². The molecule has 1 heterocycles. The molecule has 0 saturated heterocycles. The molecule has 0 aliphatic carbocycles. The molecule has 0 aliphatic heterocycles. The summed E-state index contributed by atoms with van der Waals surface area (Å²) in [5.41, 5.74) is -2.42. The fraction of sp³-hybridized carbons (Fsp3) is 0.375. The Morgan fingerprint density at radius 1 is 1.53 bits per heavy atom. The van der Waals surface area contributed by atoms with E-state index in [1.54, 1.807) is 6.92 Å². The summed E-state index contributed by atoms with van der Waals surface area (Å²) in [4.78, 5) is 16.9. The predicted molar refractivity (Wildman–Crippen MR) is 43.4 cm³/mol. The van der Waals surface area contributed by atoms with Gasteiger partial charge in [-0.05, 0) is 6.42 Å². The Morgan fingerprint density at radius 2 is 2.13 bits per heavy atom. The number of carboxylic acids is 1. The van der Waals surface area contributed by atoms with Crippen molar-refractivity contribution in [3.05, 3.63) is 23.3 Å². The average Bonchev–Trinajstić information content (AvgIpc) is 2.15. The highest BCUT2D eigenvalue weighted by molar-refractivity contribution is 5.86. The molecule has 15 heavy (non-hydrogen) atoms. The van der Waals surface area contributed by atoms with E-state index in [9.17, 15) is 18.0 Å². The van der Waals surface area contributed by atoms with Crippen LogP contribution in [0.3, 0.4) is 0 Å². The number of carboxylic acid groups (broad SMARTS) is 1. The highest BCUT2D eigenvalue weighted by atomic mass is 19.4. The molecule has 0 saturated carbocycles. The molecule has 0 amide bonds. The number of rotatable bonds is 2. The number of carbonyl (C=O) groups is 1. The molecule has 7 heteroatoms. The molecule has 0 spiro atoms. The second-order valence-corrected chi connectivity index (χ2v) is 2.72. The Hall–Kier alpha value is -1.66. The number of aromatic nitrogens is 2. The number of hydrogen-bond acceptors (Lipinski definition) is 3. The van der Waals surface area contributed by atoms with E-state index in [0.29, 0.717) is 0 Å². The fourth-order valence-corrected chi connectivity index (χ4v) is 0.950. The summed E-state index contributed by atoms with van der Waals surface area (Å²) in [6.45, 7) is 1.60. The highest BCUT2D eigenvalue weighted by Crippen LogP contribution is 2.29. The summed E-state index contributed by atoms with van der Waals surface area (Å²) in [6, 6.07) is 0. The maximum absolute atomic E-state index is 12.4. The summed E-state index contributed by atoms with van der Waals surface area (Å²) in [6.07, 6.45) is -3.51. The predicted octanol–water partition coefficient (Wildman–Crippen LogP) is 1.76. The van der Waals surface area contributed by atoms with Gasteiger partial charge in [0.05, 0.1) is 5.69 Å². The molecule has 1 aromatic rings. The molecular weight excluding hydrogens is 213 g/mol. The maximum Gasteiger partial charge on any atom is 0.435 e. The molecule has 0 atom stereocenters. The van der Waals surface area contributed by atoms with Crippen LogP contribution in [0.25, 0.3) is 0 Å². The summed E-state index contributed by atoms with van der Waals surface area (Å²) in [7, 11) is 0. The van der Waals surface area contributed by atoms with Gasteiger partial charge in [-0.2, -0.15) is 13.2 Å². The molecular formula is C8H7F3N2O2. The van der Waals surface area contributed by atoms with Crippen LogP contribution in [0.15, 0.2) is 6.20 Å². The van der Waals surface area contributed by atoms with Crippen molar-refractivity contribution in [2.24, 2.45) is 0 Å². The zero-order chi connectivity index (χ0) is 11.6. The Kier molecular flexibility index (Phi) is 2.92. The SMILES string of the molecule is CCc1cnc(C(=O)O)c(C(F)(F)F)n1. The number of alkyl halides is 3. The minimum Gasteiger partial charge on any atom is -0.476 e. The summed E-state index contributed by atoms with van der Waals surface area (Å²) in [5, 5.41) is 8.49. The van der Waals surface area contributed by atoms with E-state index in [1.807, 2.05) is 0 Å². The zero-order valence-electron chi connectivity index (χ0n) is 7.67. The monoisotopic (exact) mass is 220 g/mol. The van der Waals surface area contributed by atoms with E-state index in [2.05, 4.69) is 9.97 Å². The standard InChI is InChI=1S/C8H7F3N2O2/c1-2-4-3-12-5(7(14)15)6(13-4)8(9,10)11/h3H,2H2,1H3,(H,14,15). The third kappa shape index (κ3) is 2.42. The smallest absolute Gasteiger partial charge is 0.435 e. The van der Waals surface area contributed by atoms with Crippen LogP contribution in [-0.4, -0.2) is 21.0 Å². The van der Waals surface area contributed by atoms with Crippen LogP contribution in [-0.2, 0) is 12.6 Å². The minimum absolute atomic E-state index is 0.104. The van der Waals surface area contributed by atoms with Crippen molar-refractivity contribution >= 4 is 5.97 Å². The molecule has 0 aromatic carbocycles. The fourth-order valence-electron chi connectivity index (χ4n) is 0.950. The van der Waals surface area contributed by atoms with Crippen molar-refractivity contribution in [2.45, 2.75) is 19.5 Å². The lowest BCUT2D eigenvalue weighted by Gasteiger charge is -2.09. The van der Waals surface area contributed by atoms with E-state index < -0.39 is 23.5 Å². The number of halogens is 3. The van der Waals surface area contributed by atoms with Gasteiger partial charge in [0, 0.05) is 6.20 Å². The van der Waals surface area contributed by atoms with Crippen LogP contribution in [0.4, 0.5) is 13.2 Å². The van der Waals surface area contributed by atoms with Gasteiger partial charge in [-0.3, -0.25) is 0 Å². The normalized spacial score (nSPS) is 11.5. The first kappa shape index (κ1) is 11.4. The first-order chi connectivity index (χ1) is 6.86. The minimum atomic E-state index is -4.80. The van der Waals surface area contributed by atoms with Gasteiger partial charge >= 0.3 is 12.1 Å². The van der Waals surface area contributed by atoms with Crippen LogP contribution in [0.2, 0.25) is 0 Å². The first-order valence-electron chi connectivity index (χ1n) is 4.02. The van der Waals surface area contributed by atoms with Crippen LogP contribution in [0.1, 0.15) is 28.8 Å². The van der Waals surface area contributed by atoms with Crippen molar-refractivity contribution in [2.75, 3.05) is 0 Å². The lowest BCUT2D eigenvalue weighted by molar-refractivity contribution is -0.142. The van der Waals surface area contributed by atoms with Crippen LogP contribution < -0.4 is 0 Å². The van der Waals surface area contributed by atoms with Gasteiger partial charge in [-0.25, -0.2) is 14.8 Å². The molecule has 0 aliphatic rings. The topological polar surface area (TPSA) is 63.1 Å². The molecule has 0 radical (unpaired) electrons. The Labute approximate surface area is 82.8 Å². The molecule has 1 rings (SSSR count). The first-order valence-corrected chi connectivity index (χ1v) is 4.02. The van der Waals surface area contributed by atoms with Gasteiger partial charge in [-0.15, -0.1) is 0 Å². The van der Waals surface area contributed by atoms with Gasteiger partial charge in [0.25, 0.3) is 0 Å². The van der Waals surface area contributed by atoms with Gasteiger partial charge in [0.15, 0.2) is 11.4 Å². The van der Waals surface area contributed by atoms with E-state index >= 15 is 0 Å². The van der Waals surface area contributed by atoms with Crippen LogP contribution in [0, 0.1) is 0 Å². The molecule has 1 N–H and O–H groups in total. The summed E-state index contributed by atoms with van der Waals surface area (Å²) in [5.74, 6) is -1.74. The second-order valence-electron chi connectivity index (χ2n) is 2.72. The average molecular weight is 220 g/mol. The van der Waals surface area contributed by atoms with Gasteiger partial charge in [0.1, 0.15) is 0 Å². The van der Waals surface area contributed by atoms with E-state index in [4.69, 9.17) is 5.11 Å². The van der Waals surface area contributed by atoms with Crippen molar-refractivity contribution in [1.82, 2.24) is 9.97 Å². The Bertz CT molecular complexity index is 390. The number of hydrogen-bond donors (Lipinski definition) is 1.